The van der Waals surface area contributed by atoms with E-state index in [0.29, 0.717) is 0 Å². The maximum Gasteiger partial charge on any atom is 0.0638 e. The molecule has 2 N–H and O–H groups in total. The van der Waals surface area contributed by atoms with Crippen molar-refractivity contribution in [3.05, 3.63) is 39.3 Å². The molecule has 2 aromatic rings. The molecule has 3 nitrogen and oxygen atoms in total. The Morgan fingerprint density at radius 3 is 2.87 bits per heavy atom. The Labute approximate surface area is 93.5 Å². The second kappa shape index (κ2) is 4.59. The monoisotopic (exact) mass is 221 g/mol. The number of aromatic amines is 1. The fourth-order valence-electron chi connectivity index (χ4n) is 1.56. The molecule has 0 aliphatic carbocycles. The molecular formula is C11H15N3S. The lowest BCUT2D eigenvalue weighted by molar-refractivity contribution is 0.695. The molecule has 2 rings (SSSR count). The summed E-state index contributed by atoms with van der Waals surface area (Å²) in [7, 11) is 0. The van der Waals surface area contributed by atoms with Gasteiger partial charge in [0.05, 0.1) is 5.69 Å². The summed E-state index contributed by atoms with van der Waals surface area (Å²) in [5.74, 6) is 0. The van der Waals surface area contributed by atoms with Crippen molar-refractivity contribution < 1.29 is 0 Å². The Morgan fingerprint density at radius 2 is 2.27 bits per heavy atom. The van der Waals surface area contributed by atoms with Gasteiger partial charge in [0, 0.05) is 29.2 Å². The van der Waals surface area contributed by atoms with Crippen LogP contribution in [0.2, 0.25) is 0 Å². The standard InChI is InChI=1S/C11H15N3S/c1-8-11(9(2)14-13-8)7-12-6-10-4-3-5-15-10/h3-5,12H,6-7H2,1-2H3,(H,13,14). The van der Waals surface area contributed by atoms with Gasteiger partial charge >= 0.3 is 0 Å². The third kappa shape index (κ3) is 2.46. The van der Waals surface area contributed by atoms with Gasteiger partial charge in [0.15, 0.2) is 0 Å². The SMILES string of the molecule is Cc1n[nH]c(C)c1CNCc1cccs1. The number of aromatic nitrogens is 2. The highest BCUT2D eigenvalue weighted by atomic mass is 32.1. The molecule has 2 heterocycles. The second-order valence-corrected chi connectivity index (χ2v) is 4.63. The van der Waals surface area contributed by atoms with Crippen LogP contribution in [0.15, 0.2) is 17.5 Å². The van der Waals surface area contributed by atoms with Crippen LogP contribution < -0.4 is 5.32 Å². The van der Waals surface area contributed by atoms with E-state index in [-0.39, 0.29) is 0 Å². The first-order valence-corrected chi connectivity index (χ1v) is 5.89. The number of H-pyrrole nitrogens is 1. The van der Waals surface area contributed by atoms with Crippen molar-refractivity contribution in [3.63, 3.8) is 0 Å². The predicted octanol–water partition coefficient (Wildman–Crippen LogP) is 2.38. The molecule has 0 aromatic carbocycles. The van der Waals surface area contributed by atoms with Crippen LogP contribution in [0.4, 0.5) is 0 Å². The maximum absolute atomic E-state index is 4.17. The van der Waals surface area contributed by atoms with E-state index in [4.69, 9.17) is 0 Å². The fourth-order valence-corrected chi connectivity index (χ4v) is 2.23. The van der Waals surface area contributed by atoms with Crippen LogP contribution in [0, 0.1) is 13.8 Å². The first-order chi connectivity index (χ1) is 7.27. The fraction of sp³-hybridized carbons (Fsp3) is 0.364. The van der Waals surface area contributed by atoms with Crippen molar-refractivity contribution in [2.24, 2.45) is 0 Å². The van der Waals surface area contributed by atoms with Gasteiger partial charge in [0.2, 0.25) is 0 Å². The van der Waals surface area contributed by atoms with Gasteiger partial charge in [-0.1, -0.05) is 6.07 Å². The van der Waals surface area contributed by atoms with Gasteiger partial charge in [0.1, 0.15) is 0 Å². The Morgan fingerprint density at radius 1 is 1.40 bits per heavy atom. The van der Waals surface area contributed by atoms with Crippen molar-refractivity contribution in [3.8, 4) is 0 Å². The largest absolute Gasteiger partial charge is 0.308 e. The average molecular weight is 221 g/mol. The van der Waals surface area contributed by atoms with E-state index in [0.717, 1.165) is 24.5 Å². The minimum absolute atomic E-state index is 0.881. The van der Waals surface area contributed by atoms with Crippen LogP contribution in [0.5, 0.6) is 0 Å². The van der Waals surface area contributed by atoms with Gasteiger partial charge in [-0.2, -0.15) is 5.10 Å². The lowest BCUT2D eigenvalue weighted by Gasteiger charge is -2.03. The van der Waals surface area contributed by atoms with Gasteiger partial charge in [-0.15, -0.1) is 11.3 Å². The van der Waals surface area contributed by atoms with Crippen LogP contribution in [-0.4, -0.2) is 10.2 Å². The summed E-state index contributed by atoms with van der Waals surface area (Å²) in [6.07, 6.45) is 0. The molecule has 0 fully saturated rings. The van der Waals surface area contributed by atoms with Gasteiger partial charge in [-0.3, -0.25) is 5.10 Å². The predicted molar refractivity (Wildman–Crippen MR) is 62.9 cm³/mol. The molecule has 0 amide bonds. The highest BCUT2D eigenvalue weighted by Gasteiger charge is 2.05. The van der Waals surface area contributed by atoms with Gasteiger partial charge < -0.3 is 5.32 Å². The molecule has 2 aromatic heterocycles. The zero-order valence-corrected chi connectivity index (χ0v) is 9.82. The highest BCUT2D eigenvalue weighted by molar-refractivity contribution is 7.09. The van der Waals surface area contributed by atoms with Crippen molar-refractivity contribution >= 4 is 11.3 Å². The van der Waals surface area contributed by atoms with E-state index in [9.17, 15) is 0 Å². The summed E-state index contributed by atoms with van der Waals surface area (Å²) >= 11 is 1.78. The number of thiophene rings is 1. The van der Waals surface area contributed by atoms with E-state index in [2.05, 4.69) is 40.0 Å². The molecule has 0 saturated heterocycles. The third-order valence-corrected chi connectivity index (χ3v) is 3.34. The number of nitrogens with zero attached hydrogens (tertiary/aromatic N) is 1. The Hall–Kier alpha value is -1.13. The summed E-state index contributed by atoms with van der Waals surface area (Å²) in [4.78, 5) is 1.37. The smallest absolute Gasteiger partial charge is 0.0638 e. The van der Waals surface area contributed by atoms with Crippen molar-refractivity contribution in [1.29, 1.82) is 0 Å². The van der Waals surface area contributed by atoms with E-state index in [1.165, 1.54) is 10.4 Å². The minimum atomic E-state index is 0.881. The molecular weight excluding hydrogens is 206 g/mol. The Kier molecular flexibility index (Phi) is 3.18. The summed E-state index contributed by atoms with van der Waals surface area (Å²) in [5.41, 5.74) is 3.53. The van der Waals surface area contributed by atoms with E-state index >= 15 is 0 Å². The Balaban J connectivity index is 1.89. The lowest BCUT2D eigenvalue weighted by Crippen LogP contribution is -2.12. The number of rotatable bonds is 4. The van der Waals surface area contributed by atoms with Crippen LogP contribution in [0.1, 0.15) is 21.8 Å². The molecule has 0 aliphatic rings. The first-order valence-electron chi connectivity index (χ1n) is 5.01. The normalized spacial score (nSPS) is 10.8. The summed E-state index contributed by atoms with van der Waals surface area (Å²) in [6.45, 7) is 5.90. The molecule has 0 spiro atoms. The quantitative estimate of drug-likeness (QED) is 0.832. The Bertz CT molecular complexity index is 397. The van der Waals surface area contributed by atoms with Crippen LogP contribution in [-0.2, 0) is 13.1 Å². The van der Waals surface area contributed by atoms with Gasteiger partial charge in [0.25, 0.3) is 0 Å². The highest BCUT2D eigenvalue weighted by Crippen LogP contribution is 2.11. The molecule has 0 bridgehead atoms. The van der Waals surface area contributed by atoms with E-state index in [1.54, 1.807) is 11.3 Å². The van der Waals surface area contributed by atoms with Crippen LogP contribution in [0.3, 0.4) is 0 Å². The molecule has 0 aliphatic heterocycles. The second-order valence-electron chi connectivity index (χ2n) is 3.60. The maximum atomic E-state index is 4.17. The minimum Gasteiger partial charge on any atom is -0.308 e. The number of hydrogen-bond donors (Lipinski definition) is 2. The molecule has 80 valence electrons. The molecule has 0 atom stereocenters. The topological polar surface area (TPSA) is 40.7 Å². The first kappa shape index (κ1) is 10.4. The molecule has 4 heteroatoms. The van der Waals surface area contributed by atoms with Gasteiger partial charge in [-0.25, -0.2) is 0 Å². The average Bonchev–Trinajstić information content (AvgIpc) is 2.82. The van der Waals surface area contributed by atoms with Crippen molar-refractivity contribution in [2.45, 2.75) is 26.9 Å². The van der Waals surface area contributed by atoms with Crippen molar-refractivity contribution in [2.75, 3.05) is 0 Å². The molecule has 0 radical (unpaired) electrons. The summed E-state index contributed by atoms with van der Waals surface area (Å²) in [6, 6.07) is 4.22. The van der Waals surface area contributed by atoms with E-state index < -0.39 is 0 Å². The summed E-state index contributed by atoms with van der Waals surface area (Å²) in [5, 5.41) is 12.7. The number of aryl methyl sites for hydroxylation is 2. The third-order valence-electron chi connectivity index (χ3n) is 2.46. The van der Waals surface area contributed by atoms with Crippen LogP contribution in [0.25, 0.3) is 0 Å². The molecule has 0 saturated carbocycles. The molecule has 0 unspecified atom stereocenters. The van der Waals surface area contributed by atoms with E-state index in [1.807, 2.05) is 6.92 Å². The molecule has 15 heavy (non-hydrogen) atoms. The van der Waals surface area contributed by atoms with Crippen LogP contribution >= 0.6 is 11.3 Å². The number of hydrogen-bond acceptors (Lipinski definition) is 3. The zero-order valence-electron chi connectivity index (χ0n) is 9.00. The summed E-state index contributed by atoms with van der Waals surface area (Å²) < 4.78 is 0. The zero-order chi connectivity index (χ0) is 10.7. The number of nitrogens with one attached hydrogen (secondary N) is 2. The van der Waals surface area contributed by atoms with Crippen molar-refractivity contribution in [1.82, 2.24) is 15.5 Å². The van der Waals surface area contributed by atoms with Gasteiger partial charge in [-0.05, 0) is 25.3 Å². The lowest BCUT2D eigenvalue weighted by atomic mass is 10.2.